The minimum Gasteiger partial charge on any atom is -0.479 e. The smallest absolute Gasteiger partial charge is 0.331 e. The molecule has 11 nitrogen and oxygen atoms in total. The predicted molar refractivity (Wildman–Crippen MR) is 144 cm³/mol. The highest BCUT2D eigenvalue weighted by Gasteiger charge is 2.63. The highest BCUT2D eigenvalue weighted by atomic mass is 32.1. The number of nitrogens with two attached hydrogens (primary N) is 2. The Labute approximate surface area is 223 Å². The molecule has 12 heteroatoms. The fourth-order valence-corrected chi connectivity index (χ4v) is 5.05. The second-order valence-electron chi connectivity index (χ2n) is 9.15. The minimum absolute atomic E-state index is 0.0838. The van der Waals surface area contributed by atoms with E-state index in [1.807, 2.05) is 12.1 Å². The summed E-state index contributed by atoms with van der Waals surface area (Å²) in [6.07, 6.45) is 3.11. The van der Waals surface area contributed by atoms with Crippen LogP contribution in [0.5, 0.6) is 0 Å². The van der Waals surface area contributed by atoms with Crippen molar-refractivity contribution in [1.29, 1.82) is 0 Å². The number of hydrogen-bond acceptors (Lipinski definition) is 8. The standard InChI is InChI=1S/C26H29N7O4S/c1-14-21(23(35)33-26(24(36)37)12-20(26)32-22(34)19-9-5-11-38-19)15(2)31-25(30-14)29-10-4-7-16-6-3-8-18(28)17(16)13-27/h3,5-6,8-9,11,13,20,27H,4,7,10,12,28H2,1-2H3,(H,32,34)(H,33,35)(H,36,37)(H,29,30,31)/p+1/t20-,26?/m1/s1. The molecule has 1 aromatic carbocycles. The van der Waals surface area contributed by atoms with Gasteiger partial charge < -0.3 is 26.8 Å². The molecule has 1 aliphatic rings. The quantitative estimate of drug-likeness (QED) is 0.118. The van der Waals surface area contributed by atoms with Gasteiger partial charge >= 0.3 is 5.97 Å². The fourth-order valence-electron chi connectivity index (χ4n) is 4.42. The predicted octanol–water partition coefficient (Wildman–Crippen LogP) is 0.715. The molecule has 1 aliphatic carbocycles. The number of thiophene rings is 1. The molecule has 0 spiro atoms. The molecule has 3 aromatic rings. The number of nitrogen functional groups attached to an aromatic ring is 1. The number of amides is 2. The summed E-state index contributed by atoms with van der Waals surface area (Å²) in [5.41, 5.74) is 7.93. The molecule has 1 unspecified atom stereocenters. The van der Waals surface area contributed by atoms with Gasteiger partial charge in [-0.2, -0.15) is 0 Å². The van der Waals surface area contributed by atoms with Crippen molar-refractivity contribution in [1.82, 2.24) is 20.6 Å². The van der Waals surface area contributed by atoms with Crippen LogP contribution in [0.15, 0.2) is 35.7 Å². The van der Waals surface area contributed by atoms with E-state index < -0.39 is 23.5 Å². The third-order valence-corrected chi connectivity index (χ3v) is 7.40. The van der Waals surface area contributed by atoms with E-state index in [0.29, 0.717) is 34.4 Å². The van der Waals surface area contributed by atoms with Gasteiger partial charge in [-0.25, -0.2) is 14.8 Å². The van der Waals surface area contributed by atoms with E-state index >= 15 is 0 Å². The van der Waals surface area contributed by atoms with Crippen molar-refractivity contribution in [3.05, 3.63) is 68.7 Å². The van der Waals surface area contributed by atoms with Crippen LogP contribution < -0.4 is 27.1 Å². The van der Waals surface area contributed by atoms with Gasteiger partial charge in [0.05, 0.1) is 33.4 Å². The molecule has 0 aliphatic heterocycles. The highest BCUT2D eigenvalue weighted by Crippen LogP contribution is 2.37. The summed E-state index contributed by atoms with van der Waals surface area (Å²) in [5.74, 6) is -1.82. The summed E-state index contributed by atoms with van der Waals surface area (Å²) in [5, 5.41) is 25.7. The number of nitrogens with one attached hydrogen (secondary N) is 3. The topological polar surface area (TPSA) is 185 Å². The maximum Gasteiger partial charge on any atom is 0.331 e. The Morgan fingerprint density at radius 1 is 1.18 bits per heavy atom. The Morgan fingerprint density at radius 2 is 1.92 bits per heavy atom. The Balaban J connectivity index is 1.37. The van der Waals surface area contributed by atoms with E-state index in [1.54, 1.807) is 37.4 Å². The lowest BCUT2D eigenvalue weighted by atomic mass is 10.0. The van der Waals surface area contributed by atoms with E-state index in [1.165, 1.54) is 17.6 Å². The Morgan fingerprint density at radius 3 is 2.55 bits per heavy atom. The van der Waals surface area contributed by atoms with Crippen molar-refractivity contribution in [2.24, 2.45) is 0 Å². The van der Waals surface area contributed by atoms with Crippen LogP contribution in [0.25, 0.3) is 0 Å². The normalized spacial score (nSPS) is 17.9. The van der Waals surface area contributed by atoms with Gasteiger partial charge in [0.25, 0.3) is 11.8 Å². The number of aromatic nitrogens is 2. The number of aliphatic carboxylic acids is 1. The first-order valence-corrected chi connectivity index (χ1v) is 13.0. The third-order valence-electron chi connectivity index (χ3n) is 6.53. The zero-order valence-corrected chi connectivity index (χ0v) is 21.9. The largest absolute Gasteiger partial charge is 0.479 e. The number of hydrogen-bond donors (Lipinski definition) is 6. The van der Waals surface area contributed by atoms with Crippen LogP contribution in [0.2, 0.25) is 0 Å². The summed E-state index contributed by atoms with van der Waals surface area (Å²) < 4.78 is 0. The Kier molecular flexibility index (Phi) is 7.72. The number of rotatable bonds is 11. The zero-order chi connectivity index (χ0) is 27.4. The lowest BCUT2D eigenvalue weighted by Crippen LogP contribution is -2.49. The number of benzene rings is 1. The molecule has 4 rings (SSSR count). The minimum atomic E-state index is -1.58. The molecule has 2 amide bonds. The van der Waals surface area contributed by atoms with Gasteiger partial charge in [-0.05, 0) is 49.8 Å². The summed E-state index contributed by atoms with van der Waals surface area (Å²) in [6.45, 7) is 3.92. The van der Waals surface area contributed by atoms with Crippen molar-refractivity contribution >= 4 is 47.0 Å². The number of carboxylic acid groups (broad SMARTS) is 1. The van der Waals surface area contributed by atoms with Crippen LogP contribution in [0.3, 0.4) is 0 Å². The molecule has 1 saturated carbocycles. The first kappa shape index (κ1) is 26.7. The van der Waals surface area contributed by atoms with Crippen molar-refractivity contribution in [3.63, 3.8) is 0 Å². The number of aryl methyl sites for hydroxylation is 3. The summed E-state index contributed by atoms with van der Waals surface area (Å²) >= 11 is 1.25. The lowest BCUT2D eigenvalue weighted by Gasteiger charge is -2.17. The molecule has 2 atom stereocenters. The average molecular weight is 537 g/mol. The van der Waals surface area contributed by atoms with Gasteiger partial charge in [0.2, 0.25) is 5.95 Å². The lowest BCUT2D eigenvalue weighted by molar-refractivity contribution is -0.140. The average Bonchev–Trinajstić information content (AvgIpc) is 3.27. The van der Waals surface area contributed by atoms with Crippen molar-refractivity contribution < 1.29 is 24.9 Å². The highest BCUT2D eigenvalue weighted by molar-refractivity contribution is 7.12. The van der Waals surface area contributed by atoms with E-state index in [0.717, 1.165) is 24.0 Å². The molecule has 0 radical (unpaired) electrons. The molecule has 2 heterocycles. The van der Waals surface area contributed by atoms with Gasteiger partial charge in [0, 0.05) is 18.7 Å². The third kappa shape index (κ3) is 5.49. The SMILES string of the molecule is Cc1nc(NCCCc2cccc(N)c2C=[NH2+])nc(C)c1C(=O)NC1(C(=O)O)C[C@H]1NC(=O)c1cccs1. The molecule has 0 saturated heterocycles. The van der Waals surface area contributed by atoms with E-state index in [-0.39, 0.29) is 17.9 Å². The molecular weight excluding hydrogens is 506 g/mol. The number of carboxylic acids is 1. The number of anilines is 2. The van der Waals surface area contributed by atoms with E-state index in [2.05, 4.69) is 25.9 Å². The van der Waals surface area contributed by atoms with Crippen LogP contribution >= 0.6 is 11.3 Å². The van der Waals surface area contributed by atoms with Crippen molar-refractivity contribution in [3.8, 4) is 0 Å². The summed E-state index contributed by atoms with van der Waals surface area (Å²) in [6, 6.07) is 8.34. The molecule has 2 aromatic heterocycles. The van der Waals surface area contributed by atoms with Crippen LogP contribution in [0.4, 0.5) is 11.6 Å². The van der Waals surface area contributed by atoms with Crippen LogP contribution in [-0.2, 0) is 11.2 Å². The fraction of sp³-hybridized carbons (Fsp3) is 0.308. The first-order chi connectivity index (χ1) is 18.2. The van der Waals surface area contributed by atoms with Crippen LogP contribution in [0, 0.1) is 13.8 Å². The molecule has 8 N–H and O–H groups in total. The molecule has 198 valence electrons. The molecular formula is C26H30N7O4S+. The number of nitrogens with zero attached hydrogens (tertiary/aromatic N) is 2. The van der Waals surface area contributed by atoms with Gasteiger partial charge in [-0.3, -0.25) is 15.0 Å². The monoisotopic (exact) mass is 536 g/mol. The van der Waals surface area contributed by atoms with Crippen molar-refractivity contribution in [2.45, 2.75) is 44.7 Å². The molecule has 38 heavy (non-hydrogen) atoms. The maximum atomic E-state index is 13.1. The van der Waals surface area contributed by atoms with Crippen molar-refractivity contribution in [2.75, 3.05) is 17.6 Å². The van der Waals surface area contributed by atoms with Gasteiger partial charge in [-0.1, -0.05) is 18.2 Å². The Hall–Kier alpha value is -4.32. The molecule has 0 bridgehead atoms. The van der Waals surface area contributed by atoms with Gasteiger partial charge in [0.1, 0.15) is 0 Å². The van der Waals surface area contributed by atoms with E-state index in [4.69, 9.17) is 11.1 Å². The van der Waals surface area contributed by atoms with Gasteiger partial charge in [-0.15, -0.1) is 11.3 Å². The van der Waals surface area contributed by atoms with Crippen LogP contribution in [0.1, 0.15) is 55.4 Å². The second-order valence-corrected chi connectivity index (χ2v) is 10.1. The Bertz CT molecular complexity index is 1370. The number of carbonyl (C=O) groups excluding carboxylic acids is 2. The number of carbonyl (C=O) groups is 3. The van der Waals surface area contributed by atoms with Crippen LogP contribution in [-0.4, -0.2) is 57.2 Å². The summed E-state index contributed by atoms with van der Waals surface area (Å²) in [4.78, 5) is 46.8. The maximum absolute atomic E-state index is 13.1. The van der Waals surface area contributed by atoms with Gasteiger partial charge in [0.15, 0.2) is 11.8 Å². The van der Waals surface area contributed by atoms with E-state index in [9.17, 15) is 19.5 Å². The zero-order valence-electron chi connectivity index (χ0n) is 21.1. The molecule has 1 fully saturated rings. The second kappa shape index (κ2) is 11.0. The first-order valence-electron chi connectivity index (χ1n) is 12.1. The summed E-state index contributed by atoms with van der Waals surface area (Å²) in [7, 11) is 0.